The maximum atomic E-state index is 5.33. The van der Waals surface area contributed by atoms with Crippen molar-refractivity contribution in [3.63, 3.8) is 0 Å². The molecule has 1 aromatic rings. The third kappa shape index (κ3) is 1.66. The summed E-state index contributed by atoms with van der Waals surface area (Å²) in [4.78, 5) is 11.4. The zero-order chi connectivity index (χ0) is 12.0. The quantitative estimate of drug-likeness (QED) is 0.784. The lowest BCUT2D eigenvalue weighted by Gasteiger charge is -2.29. The van der Waals surface area contributed by atoms with Crippen LogP contribution in [-0.2, 0) is 0 Å². The van der Waals surface area contributed by atoms with Gasteiger partial charge in [0.2, 0.25) is 5.88 Å². The summed E-state index contributed by atoms with van der Waals surface area (Å²) in [5, 5.41) is 0. The molecule has 0 amide bonds. The van der Waals surface area contributed by atoms with Crippen LogP contribution in [0, 0.1) is 19.8 Å². The van der Waals surface area contributed by atoms with E-state index in [1.165, 1.54) is 19.3 Å². The van der Waals surface area contributed by atoms with Crippen molar-refractivity contribution in [2.45, 2.75) is 39.2 Å². The molecule has 2 bridgehead atoms. The Morgan fingerprint density at radius 1 is 1.24 bits per heavy atom. The topological polar surface area (TPSA) is 38.3 Å². The molecule has 1 aliphatic heterocycles. The number of methoxy groups -OCH3 is 1. The number of aromatic nitrogens is 2. The Labute approximate surface area is 102 Å². The normalized spacial score (nSPS) is 26.6. The summed E-state index contributed by atoms with van der Waals surface area (Å²) in [6, 6.07) is 0.692. The third-order valence-electron chi connectivity index (χ3n) is 4.06. The van der Waals surface area contributed by atoms with Gasteiger partial charge in [-0.3, -0.25) is 0 Å². The first kappa shape index (κ1) is 10.8. The fraction of sp³-hybridized carbons (Fsp3) is 0.692. The van der Waals surface area contributed by atoms with Crippen molar-refractivity contribution in [1.82, 2.24) is 9.97 Å². The number of anilines is 1. The lowest BCUT2D eigenvalue weighted by Crippen LogP contribution is -2.33. The summed E-state index contributed by atoms with van der Waals surface area (Å²) in [5.41, 5.74) is 1.07. The number of nitrogens with zero attached hydrogens (tertiary/aromatic N) is 3. The molecule has 1 aromatic heterocycles. The van der Waals surface area contributed by atoms with Crippen LogP contribution >= 0.6 is 0 Å². The van der Waals surface area contributed by atoms with Crippen molar-refractivity contribution >= 4 is 5.82 Å². The van der Waals surface area contributed by atoms with Crippen LogP contribution in [0.2, 0.25) is 0 Å². The summed E-state index contributed by atoms with van der Waals surface area (Å²) >= 11 is 0. The Morgan fingerprint density at radius 2 is 2.06 bits per heavy atom. The van der Waals surface area contributed by atoms with E-state index in [1.807, 2.05) is 6.92 Å². The molecule has 0 aromatic carbocycles. The van der Waals surface area contributed by atoms with E-state index < -0.39 is 0 Å². The molecule has 3 rings (SSSR count). The average molecular weight is 233 g/mol. The SMILES string of the molecule is COc1nc(C)nc(N2CC3CCC2C3)c1C. The van der Waals surface area contributed by atoms with Crippen molar-refractivity contribution in [2.24, 2.45) is 5.92 Å². The summed E-state index contributed by atoms with van der Waals surface area (Å²) in [5.74, 6) is 3.47. The second-order valence-corrected chi connectivity index (χ2v) is 5.21. The minimum atomic E-state index is 0.692. The first-order valence-electron chi connectivity index (χ1n) is 6.35. The van der Waals surface area contributed by atoms with E-state index in [9.17, 15) is 0 Å². The second-order valence-electron chi connectivity index (χ2n) is 5.21. The van der Waals surface area contributed by atoms with Gasteiger partial charge < -0.3 is 9.64 Å². The lowest BCUT2D eigenvalue weighted by molar-refractivity contribution is 0.391. The Balaban J connectivity index is 2.00. The van der Waals surface area contributed by atoms with Gasteiger partial charge in [-0.1, -0.05) is 0 Å². The van der Waals surface area contributed by atoms with Crippen LogP contribution in [0.25, 0.3) is 0 Å². The van der Waals surface area contributed by atoms with Crippen molar-refractivity contribution in [3.05, 3.63) is 11.4 Å². The summed E-state index contributed by atoms with van der Waals surface area (Å²) in [7, 11) is 1.68. The monoisotopic (exact) mass is 233 g/mol. The van der Waals surface area contributed by atoms with Crippen LogP contribution in [0.3, 0.4) is 0 Å². The highest BCUT2D eigenvalue weighted by Crippen LogP contribution is 2.41. The molecule has 1 saturated carbocycles. The number of hydrogen-bond donors (Lipinski definition) is 0. The third-order valence-corrected chi connectivity index (χ3v) is 4.06. The van der Waals surface area contributed by atoms with E-state index >= 15 is 0 Å². The fourth-order valence-corrected chi connectivity index (χ4v) is 3.25. The smallest absolute Gasteiger partial charge is 0.221 e. The minimum absolute atomic E-state index is 0.692. The number of rotatable bonds is 2. The predicted molar refractivity (Wildman–Crippen MR) is 66.5 cm³/mol. The Bertz CT molecular complexity index is 447. The molecule has 2 heterocycles. The van der Waals surface area contributed by atoms with Crippen LogP contribution in [0.1, 0.15) is 30.7 Å². The van der Waals surface area contributed by atoms with Gasteiger partial charge in [0.25, 0.3) is 0 Å². The molecule has 2 unspecified atom stereocenters. The summed E-state index contributed by atoms with van der Waals surface area (Å²) < 4.78 is 5.33. The molecule has 92 valence electrons. The molecule has 2 atom stereocenters. The van der Waals surface area contributed by atoms with Gasteiger partial charge in [-0.05, 0) is 39.0 Å². The van der Waals surface area contributed by atoms with Crippen LogP contribution in [0.5, 0.6) is 5.88 Å². The van der Waals surface area contributed by atoms with E-state index in [2.05, 4.69) is 21.8 Å². The number of fused-ring (bicyclic) bond motifs is 2. The van der Waals surface area contributed by atoms with Gasteiger partial charge in [0, 0.05) is 12.6 Å². The molecule has 17 heavy (non-hydrogen) atoms. The second kappa shape index (κ2) is 3.86. The Morgan fingerprint density at radius 3 is 2.65 bits per heavy atom. The Hall–Kier alpha value is -1.32. The van der Waals surface area contributed by atoms with Gasteiger partial charge in [0.05, 0.1) is 12.7 Å². The zero-order valence-corrected chi connectivity index (χ0v) is 10.7. The number of piperidine rings is 1. The molecule has 1 saturated heterocycles. The predicted octanol–water partition coefficient (Wildman–Crippen LogP) is 2.09. The van der Waals surface area contributed by atoms with E-state index in [0.717, 1.165) is 35.5 Å². The molecule has 0 radical (unpaired) electrons. The van der Waals surface area contributed by atoms with Gasteiger partial charge in [-0.2, -0.15) is 4.98 Å². The molecule has 1 aliphatic carbocycles. The van der Waals surface area contributed by atoms with Crippen molar-refractivity contribution < 1.29 is 4.74 Å². The first-order valence-corrected chi connectivity index (χ1v) is 6.35. The number of ether oxygens (including phenoxy) is 1. The van der Waals surface area contributed by atoms with Crippen molar-refractivity contribution in [2.75, 3.05) is 18.6 Å². The van der Waals surface area contributed by atoms with Gasteiger partial charge in [-0.25, -0.2) is 4.98 Å². The van der Waals surface area contributed by atoms with Gasteiger partial charge in [0.15, 0.2) is 0 Å². The maximum Gasteiger partial charge on any atom is 0.221 e. The van der Waals surface area contributed by atoms with E-state index in [0.29, 0.717) is 6.04 Å². The largest absolute Gasteiger partial charge is 0.481 e. The maximum absolute atomic E-state index is 5.33. The molecule has 0 N–H and O–H groups in total. The van der Waals surface area contributed by atoms with Gasteiger partial charge >= 0.3 is 0 Å². The highest BCUT2D eigenvalue weighted by Gasteiger charge is 2.39. The highest BCUT2D eigenvalue weighted by atomic mass is 16.5. The number of hydrogen-bond acceptors (Lipinski definition) is 4. The number of aryl methyl sites for hydroxylation is 1. The fourth-order valence-electron chi connectivity index (χ4n) is 3.25. The van der Waals surface area contributed by atoms with Gasteiger partial charge in [0.1, 0.15) is 11.6 Å². The van der Waals surface area contributed by atoms with Crippen molar-refractivity contribution in [1.29, 1.82) is 0 Å². The van der Waals surface area contributed by atoms with Crippen LogP contribution in [0.4, 0.5) is 5.82 Å². The zero-order valence-electron chi connectivity index (χ0n) is 10.7. The molecule has 4 nitrogen and oxygen atoms in total. The summed E-state index contributed by atoms with van der Waals surface area (Å²) in [6.07, 6.45) is 4.04. The van der Waals surface area contributed by atoms with E-state index in [4.69, 9.17) is 4.74 Å². The molecule has 2 aliphatic rings. The van der Waals surface area contributed by atoms with Crippen molar-refractivity contribution in [3.8, 4) is 5.88 Å². The first-order chi connectivity index (χ1) is 8.19. The van der Waals surface area contributed by atoms with Crippen LogP contribution in [0.15, 0.2) is 0 Å². The summed E-state index contributed by atoms with van der Waals surface area (Å²) in [6.45, 7) is 5.14. The molecule has 0 spiro atoms. The van der Waals surface area contributed by atoms with E-state index in [-0.39, 0.29) is 0 Å². The molecular weight excluding hydrogens is 214 g/mol. The van der Waals surface area contributed by atoms with Gasteiger partial charge in [-0.15, -0.1) is 0 Å². The highest BCUT2D eigenvalue weighted by molar-refractivity contribution is 5.53. The van der Waals surface area contributed by atoms with Crippen LogP contribution < -0.4 is 9.64 Å². The van der Waals surface area contributed by atoms with E-state index in [1.54, 1.807) is 7.11 Å². The standard InChI is InChI=1S/C13H19N3O/c1-8-12(14-9(2)15-13(8)17-3)16-7-10-4-5-11(16)6-10/h10-11H,4-7H2,1-3H3. The molecule has 4 heteroatoms. The lowest BCUT2D eigenvalue weighted by atomic mass is 10.1. The molecular formula is C13H19N3O. The van der Waals surface area contributed by atoms with Crippen LogP contribution in [-0.4, -0.2) is 29.7 Å². The Kier molecular flexibility index (Phi) is 2.45. The average Bonchev–Trinajstić information content (AvgIpc) is 2.93. The minimum Gasteiger partial charge on any atom is -0.481 e. The molecule has 2 fully saturated rings.